The van der Waals surface area contributed by atoms with Crippen molar-refractivity contribution in [2.45, 2.75) is 43.4 Å². The summed E-state index contributed by atoms with van der Waals surface area (Å²) < 4.78 is 69.7. The summed E-state index contributed by atoms with van der Waals surface area (Å²) in [6, 6.07) is 6.10. The standard InChI is InChI=1S/C35H35F3N6O4/c1-3-24-26(37)6-5-20-13-23(48-19-45-2)14-25(27(20)24)30-29(38)31-28-32(40-30)39-9-11-44(22-7-12-46-17-22)33(28)42-34(41-31)47-18-35-8-4-10-43(35)16-21(36)15-35/h1,5-6,13-14,21-22H,4,7-12,15-19H2,2H3,(H,39,40)/t21-,22?,35+/m1/s1. The van der Waals surface area contributed by atoms with Crippen LogP contribution in [0.5, 0.6) is 11.8 Å². The number of methoxy groups -OCH3 is 1. The van der Waals surface area contributed by atoms with Crippen LogP contribution in [-0.2, 0) is 9.47 Å². The van der Waals surface area contributed by atoms with Crippen LogP contribution in [0.2, 0.25) is 0 Å². The third-order valence-corrected chi connectivity index (χ3v) is 10.0. The van der Waals surface area contributed by atoms with E-state index in [0.717, 1.165) is 25.8 Å². The van der Waals surface area contributed by atoms with Gasteiger partial charge in [-0.2, -0.15) is 9.97 Å². The van der Waals surface area contributed by atoms with E-state index in [1.54, 1.807) is 18.2 Å². The highest BCUT2D eigenvalue weighted by atomic mass is 19.1. The van der Waals surface area contributed by atoms with E-state index in [9.17, 15) is 4.39 Å². The monoisotopic (exact) mass is 660 g/mol. The zero-order valence-electron chi connectivity index (χ0n) is 26.5. The minimum absolute atomic E-state index is 0.00811. The largest absolute Gasteiger partial charge is 0.468 e. The van der Waals surface area contributed by atoms with Gasteiger partial charge in [0.1, 0.15) is 47.2 Å². The van der Waals surface area contributed by atoms with Crippen LogP contribution in [0.25, 0.3) is 32.9 Å². The number of ether oxygens (including phenoxy) is 4. The lowest BCUT2D eigenvalue weighted by molar-refractivity contribution is 0.0512. The predicted molar refractivity (Wildman–Crippen MR) is 174 cm³/mol. The summed E-state index contributed by atoms with van der Waals surface area (Å²) in [5, 5.41) is 4.60. The van der Waals surface area contributed by atoms with Gasteiger partial charge in [-0.05, 0) is 49.4 Å². The van der Waals surface area contributed by atoms with E-state index in [1.807, 2.05) is 0 Å². The molecule has 0 bridgehead atoms. The summed E-state index contributed by atoms with van der Waals surface area (Å²) in [6.45, 7) is 3.44. The first-order valence-corrected chi connectivity index (χ1v) is 16.3. The van der Waals surface area contributed by atoms with Crippen molar-refractivity contribution in [1.82, 2.24) is 19.9 Å². The topological polar surface area (TPSA) is 94.1 Å². The summed E-state index contributed by atoms with van der Waals surface area (Å²) in [6.07, 6.45) is 7.78. The number of fused-ring (bicyclic) bond motifs is 2. The van der Waals surface area contributed by atoms with Gasteiger partial charge in [0.15, 0.2) is 12.6 Å². The van der Waals surface area contributed by atoms with E-state index in [0.29, 0.717) is 72.8 Å². The molecule has 13 heteroatoms. The van der Waals surface area contributed by atoms with Crippen molar-refractivity contribution in [3.05, 3.63) is 41.5 Å². The molecular weight excluding hydrogens is 625 g/mol. The molecule has 250 valence electrons. The van der Waals surface area contributed by atoms with Crippen molar-refractivity contribution in [1.29, 1.82) is 0 Å². The summed E-state index contributed by atoms with van der Waals surface area (Å²) in [7, 11) is 1.49. The number of halogens is 3. The molecule has 3 saturated heterocycles. The Morgan fingerprint density at radius 2 is 2.04 bits per heavy atom. The maximum atomic E-state index is 17.2. The molecule has 10 nitrogen and oxygen atoms in total. The second-order valence-corrected chi connectivity index (χ2v) is 12.9. The molecule has 4 aromatic rings. The average molecular weight is 661 g/mol. The average Bonchev–Trinajstić information content (AvgIpc) is 3.79. The Bertz CT molecular complexity index is 1950. The van der Waals surface area contributed by atoms with Gasteiger partial charge in [-0.3, -0.25) is 4.90 Å². The SMILES string of the molecule is C#Cc1c(F)ccc2cc(OCOC)cc(-c3nc4c5c(nc(OC[C@@]67CCCN6C[C@H](F)C7)nc5c3F)N(C3CCOC3)CCN4)c12. The van der Waals surface area contributed by atoms with Gasteiger partial charge in [0, 0.05) is 50.7 Å². The van der Waals surface area contributed by atoms with Crippen LogP contribution in [-0.4, -0.2) is 97.5 Å². The molecule has 0 radical (unpaired) electrons. The molecule has 1 unspecified atom stereocenters. The van der Waals surface area contributed by atoms with Crippen LogP contribution < -0.4 is 19.7 Å². The molecule has 2 aromatic carbocycles. The molecule has 6 heterocycles. The number of rotatable bonds is 8. The Kier molecular flexibility index (Phi) is 7.89. The lowest BCUT2D eigenvalue weighted by Crippen LogP contribution is -2.43. The van der Waals surface area contributed by atoms with Gasteiger partial charge in [-0.15, -0.1) is 6.42 Å². The lowest BCUT2D eigenvalue weighted by Gasteiger charge is -2.31. The molecule has 0 aliphatic carbocycles. The number of nitrogens with zero attached hydrogens (tertiary/aromatic N) is 5. The summed E-state index contributed by atoms with van der Waals surface area (Å²) in [5.74, 6) is 2.28. The zero-order valence-corrected chi connectivity index (χ0v) is 26.5. The Balaban J connectivity index is 1.33. The highest BCUT2D eigenvalue weighted by molar-refractivity contribution is 6.06. The highest BCUT2D eigenvalue weighted by Crippen LogP contribution is 2.44. The van der Waals surface area contributed by atoms with Gasteiger partial charge < -0.3 is 29.2 Å². The Morgan fingerprint density at radius 1 is 1.15 bits per heavy atom. The van der Waals surface area contributed by atoms with E-state index in [1.165, 1.54) is 13.2 Å². The summed E-state index contributed by atoms with van der Waals surface area (Å²) in [5.41, 5.74) is -0.346. The Labute approximate surface area is 275 Å². The van der Waals surface area contributed by atoms with Gasteiger partial charge in [-0.1, -0.05) is 12.0 Å². The molecule has 8 rings (SSSR count). The first-order chi connectivity index (χ1) is 23.4. The smallest absolute Gasteiger partial charge is 0.319 e. The minimum Gasteiger partial charge on any atom is -0.468 e. The van der Waals surface area contributed by atoms with Gasteiger partial charge in [-0.25, -0.2) is 18.2 Å². The van der Waals surface area contributed by atoms with Gasteiger partial charge >= 0.3 is 6.01 Å². The van der Waals surface area contributed by atoms with Crippen LogP contribution in [0.1, 0.15) is 31.2 Å². The second kappa shape index (κ2) is 12.3. The Hall–Kier alpha value is -4.38. The van der Waals surface area contributed by atoms with Crippen LogP contribution in [0.3, 0.4) is 0 Å². The van der Waals surface area contributed by atoms with E-state index in [2.05, 4.69) is 26.0 Å². The minimum atomic E-state index is -0.926. The predicted octanol–water partition coefficient (Wildman–Crippen LogP) is 5.06. The lowest BCUT2D eigenvalue weighted by atomic mass is 9.95. The zero-order chi connectivity index (χ0) is 33.0. The number of anilines is 2. The van der Waals surface area contributed by atoms with Crippen LogP contribution in [0.4, 0.5) is 24.8 Å². The fourth-order valence-electron chi connectivity index (χ4n) is 7.84. The summed E-state index contributed by atoms with van der Waals surface area (Å²) >= 11 is 0. The van der Waals surface area contributed by atoms with Crippen LogP contribution >= 0.6 is 0 Å². The second-order valence-electron chi connectivity index (χ2n) is 12.9. The number of hydrogen-bond acceptors (Lipinski definition) is 10. The highest BCUT2D eigenvalue weighted by Gasteiger charge is 2.49. The van der Waals surface area contributed by atoms with E-state index in [4.69, 9.17) is 35.3 Å². The van der Waals surface area contributed by atoms with E-state index >= 15 is 8.78 Å². The summed E-state index contributed by atoms with van der Waals surface area (Å²) in [4.78, 5) is 18.5. The van der Waals surface area contributed by atoms with Crippen molar-refractivity contribution in [3.63, 3.8) is 0 Å². The van der Waals surface area contributed by atoms with Crippen molar-refractivity contribution in [2.75, 3.05) is 70.1 Å². The molecule has 0 amide bonds. The van der Waals surface area contributed by atoms with Crippen LogP contribution in [0.15, 0.2) is 24.3 Å². The fourth-order valence-corrected chi connectivity index (χ4v) is 7.84. The van der Waals surface area contributed by atoms with Crippen molar-refractivity contribution in [2.24, 2.45) is 0 Å². The quantitative estimate of drug-likeness (QED) is 0.204. The van der Waals surface area contributed by atoms with Gasteiger partial charge in [0.2, 0.25) is 0 Å². The van der Waals surface area contributed by atoms with Crippen molar-refractivity contribution in [3.8, 4) is 35.4 Å². The Morgan fingerprint density at radius 3 is 2.85 bits per heavy atom. The molecule has 4 aliphatic rings. The molecule has 4 aliphatic heterocycles. The first-order valence-electron chi connectivity index (χ1n) is 16.3. The third kappa shape index (κ3) is 5.14. The van der Waals surface area contributed by atoms with E-state index in [-0.39, 0.29) is 47.8 Å². The number of benzene rings is 2. The molecule has 2 aromatic heterocycles. The van der Waals surface area contributed by atoms with Gasteiger partial charge in [0.05, 0.1) is 29.1 Å². The molecule has 48 heavy (non-hydrogen) atoms. The molecule has 0 saturated carbocycles. The number of pyridine rings is 1. The van der Waals surface area contributed by atoms with Crippen LogP contribution in [0, 0.1) is 24.0 Å². The number of nitrogens with one attached hydrogen (secondary N) is 1. The molecule has 1 N–H and O–H groups in total. The molecule has 3 fully saturated rings. The number of hydrogen-bond donors (Lipinski definition) is 1. The van der Waals surface area contributed by atoms with Crippen molar-refractivity contribution >= 4 is 33.3 Å². The fraction of sp³-hybridized carbons (Fsp3) is 0.457. The maximum Gasteiger partial charge on any atom is 0.319 e. The molecular formula is C35H35F3N6O4. The molecule has 0 spiro atoms. The maximum absolute atomic E-state index is 17.2. The normalized spacial score (nSPS) is 23.7. The molecule has 3 atom stereocenters. The number of alkyl halides is 1. The number of aromatic nitrogens is 3. The van der Waals surface area contributed by atoms with Crippen molar-refractivity contribution < 1.29 is 32.1 Å². The van der Waals surface area contributed by atoms with E-state index < -0.39 is 23.3 Å². The third-order valence-electron chi connectivity index (χ3n) is 10.0. The first kappa shape index (κ1) is 30.9. The number of terminal acetylenes is 1. The van der Waals surface area contributed by atoms with Gasteiger partial charge in [0.25, 0.3) is 0 Å².